The summed E-state index contributed by atoms with van der Waals surface area (Å²) in [7, 11) is 0. The van der Waals surface area contributed by atoms with E-state index in [1.165, 1.54) is 0 Å². The first-order chi connectivity index (χ1) is 9.02. The molecule has 1 heterocycles. The van der Waals surface area contributed by atoms with Gasteiger partial charge in [-0.3, -0.25) is 9.78 Å². The van der Waals surface area contributed by atoms with E-state index >= 15 is 0 Å². The summed E-state index contributed by atoms with van der Waals surface area (Å²) < 4.78 is 5.40. The zero-order valence-electron chi connectivity index (χ0n) is 12.1. The van der Waals surface area contributed by atoms with Crippen molar-refractivity contribution in [1.82, 2.24) is 4.98 Å². The van der Waals surface area contributed by atoms with Crippen molar-refractivity contribution in [3.63, 3.8) is 0 Å². The molecule has 0 bridgehead atoms. The van der Waals surface area contributed by atoms with Crippen molar-refractivity contribution in [2.75, 3.05) is 6.61 Å². The molecule has 0 aromatic carbocycles. The second-order valence-corrected chi connectivity index (χ2v) is 6.15. The van der Waals surface area contributed by atoms with Crippen molar-refractivity contribution >= 4 is 5.78 Å². The lowest BCUT2D eigenvalue weighted by Gasteiger charge is -2.33. The first-order valence-corrected chi connectivity index (χ1v) is 7.14. The summed E-state index contributed by atoms with van der Waals surface area (Å²) in [6, 6.07) is 1.82. The van der Waals surface area contributed by atoms with E-state index in [1.54, 1.807) is 12.4 Å². The van der Waals surface area contributed by atoms with Gasteiger partial charge in [-0.1, -0.05) is 13.8 Å². The molecular formula is C16H23NO2. The Balaban J connectivity index is 2.05. The van der Waals surface area contributed by atoms with Gasteiger partial charge in [0.05, 0.1) is 12.8 Å². The first-order valence-electron chi connectivity index (χ1n) is 7.14. The first kappa shape index (κ1) is 14.0. The third-order valence-corrected chi connectivity index (χ3v) is 4.02. The van der Waals surface area contributed by atoms with E-state index in [2.05, 4.69) is 18.8 Å². The highest BCUT2D eigenvalue weighted by atomic mass is 16.5. The van der Waals surface area contributed by atoms with Crippen molar-refractivity contribution in [3.8, 4) is 5.75 Å². The van der Waals surface area contributed by atoms with Gasteiger partial charge in [-0.05, 0) is 44.1 Å². The third kappa shape index (κ3) is 3.55. The molecule has 1 aliphatic carbocycles. The Morgan fingerprint density at radius 1 is 1.37 bits per heavy atom. The molecule has 0 aliphatic heterocycles. The van der Waals surface area contributed by atoms with Crippen LogP contribution in [0.4, 0.5) is 0 Å². The molecule has 1 saturated carbocycles. The smallest absolute Gasteiger partial charge is 0.167 e. The lowest BCUT2D eigenvalue weighted by molar-refractivity contribution is 0.0837. The van der Waals surface area contributed by atoms with Crippen molar-refractivity contribution in [2.24, 2.45) is 11.3 Å². The maximum atomic E-state index is 12.5. The topological polar surface area (TPSA) is 39.2 Å². The Labute approximate surface area is 115 Å². The van der Waals surface area contributed by atoms with Crippen LogP contribution < -0.4 is 4.74 Å². The standard InChI is InChI=1S/C16H23NO2/c1-4-19-14-9-13(10-17-11-14)15(18)12-5-7-16(2,3)8-6-12/h9-12H,4-8H2,1-3H3. The van der Waals surface area contributed by atoms with Gasteiger partial charge in [0, 0.05) is 17.7 Å². The summed E-state index contributed by atoms with van der Waals surface area (Å²) in [5.41, 5.74) is 1.08. The molecule has 0 N–H and O–H groups in total. The third-order valence-electron chi connectivity index (χ3n) is 4.02. The predicted molar refractivity (Wildman–Crippen MR) is 75.5 cm³/mol. The van der Waals surface area contributed by atoms with E-state index < -0.39 is 0 Å². The predicted octanol–water partition coefficient (Wildman–Crippen LogP) is 3.88. The van der Waals surface area contributed by atoms with Crippen molar-refractivity contribution in [2.45, 2.75) is 46.5 Å². The molecule has 0 saturated heterocycles. The van der Waals surface area contributed by atoms with Gasteiger partial charge in [-0.2, -0.15) is 0 Å². The summed E-state index contributed by atoms with van der Waals surface area (Å²) in [6.07, 6.45) is 7.55. The zero-order chi connectivity index (χ0) is 13.9. The monoisotopic (exact) mass is 261 g/mol. The van der Waals surface area contributed by atoms with Crippen LogP contribution in [0.1, 0.15) is 56.8 Å². The quantitative estimate of drug-likeness (QED) is 0.772. The van der Waals surface area contributed by atoms with Crippen LogP contribution in [0.25, 0.3) is 0 Å². The minimum absolute atomic E-state index is 0.159. The normalized spacial score (nSPS) is 19.1. The molecule has 0 unspecified atom stereocenters. The van der Waals surface area contributed by atoms with Gasteiger partial charge in [0.25, 0.3) is 0 Å². The van der Waals surface area contributed by atoms with Crippen LogP contribution in [0.3, 0.4) is 0 Å². The molecule has 0 spiro atoms. The average molecular weight is 261 g/mol. The van der Waals surface area contributed by atoms with Gasteiger partial charge in [-0.25, -0.2) is 0 Å². The van der Waals surface area contributed by atoms with E-state index in [1.807, 2.05) is 13.0 Å². The van der Waals surface area contributed by atoms with Crippen LogP contribution in [0.15, 0.2) is 18.5 Å². The summed E-state index contributed by atoms with van der Waals surface area (Å²) >= 11 is 0. The minimum Gasteiger partial charge on any atom is -0.492 e. The number of hydrogen-bond donors (Lipinski definition) is 0. The zero-order valence-corrected chi connectivity index (χ0v) is 12.1. The Bertz CT molecular complexity index is 444. The second-order valence-electron chi connectivity index (χ2n) is 6.15. The number of pyridine rings is 1. The number of aromatic nitrogens is 1. The number of carbonyl (C=O) groups is 1. The van der Waals surface area contributed by atoms with Crippen LogP contribution in [0.5, 0.6) is 5.75 Å². The van der Waals surface area contributed by atoms with Gasteiger partial charge in [0.15, 0.2) is 5.78 Å². The van der Waals surface area contributed by atoms with Crippen LogP contribution in [0, 0.1) is 11.3 Å². The Morgan fingerprint density at radius 3 is 2.68 bits per heavy atom. The van der Waals surface area contributed by atoms with Crippen LogP contribution >= 0.6 is 0 Å². The Kier molecular flexibility index (Phi) is 4.23. The van der Waals surface area contributed by atoms with E-state index in [4.69, 9.17) is 4.74 Å². The molecule has 1 fully saturated rings. The van der Waals surface area contributed by atoms with Crippen molar-refractivity contribution in [3.05, 3.63) is 24.0 Å². The van der Waals surface area contributed by atoms with E-state index in [0.29, 0.717) is 23.3 Å². The van der Waals surface area contributed by atoms with Gasteiger partial charge in [0.2, 0.25) is 0 Å². The molecule has 2 rings (SSSR count). The molecule has 1 aromatic heterocycles. The summed E-state index contributed by atoms with van der Waals surface area (Å²) in [5, 5.41) is 0. The molecular weight excluding hydrogens is 238 g/mol. The number of hydrogen-bond acceptors (Lipinski definition) is 3. The molecule has 3 heteroatoms. The lowest BCUT2D eigenvalue weighted by atomic mass is 9.71. The molecule has 0 atom stereocenters. The SMILES string of the molecule is CCOc1cncc(C(=O)C2CCC(C)(C)CC2)c1. The van der Waals surface area contributed by atoms with Gasteiger partial charge >= 0.3 is 0 Å². The number of nitrogens with zero attached hydrogens (tertiary/aromatic N) is 1. The Morgan fingerprint density at radius 2 is 2.05 bits per heavy atom. The van der Waals surface area contributed by atoms with E-state index in [0.717, 1.165) is 25.7 Å². The van der Waals surface area contributed by atoms with Crippen molar-refractivity contribution in [1.29, 1.82) is 0 Å². The molecule has 0 amide bonds. The largest absolute Gasteiger partial charge is 0.492 e. The molecule has 104 valence electrons. The van der Waals surface area contributed by atoms with Crippen LogP contribution in [0.2, 0.25) is 0 Å². The highest BCUT2D eigenvalue weighted by molar-refractivity contribution is 5.97. The molecule has 3 nitrogen and oxygen atoms in total. The number of rotatable bonds is 4. The fourth-order valence-electron chi connectivity index (χ4n) is 2.70. The number of carbonyl (C=O) groups excluding carboxylic acids is 1. The molecule has 1 aliphatic rings. The summed E-state index contributed by atoms with van der Waals surface area (Å²) in [4.78, 5) is 16.6. The molecule has 0 radical (unpaired) electrons. The lowest BCUT2D eigenvalue weighted by Crippen LogP contribution is -2.26. The number of Topliss-reactive ketones (excluding diaryl/α,β-unsaturated/α-hetero) is 1. The fourth-order valence-corrected chi connectivity index (χ4v) is 2.70. The van der Waals surface area contributed by atoms with Gasteiger partial charge < -0.3 is 4.74 Å². The average Bonchev–Trinajstić information content (AvgIpc) is 2.39. The van der Waals surface area contributed by atoms with E-state index in [9.17, 15) is 4.79 Å². The van der Waals surface area contributed by atoms with E-state index in [-0.39, 0.29) is 11.7 Å². The summed E-state index contributed by atoms with van der Waals surface area (Å²) in [6.45, 7) is 7.09. The number of ether oxygens (including phenoxy) is 1. The maximum Gasteiger partial charge on any atom is 0.167 e. The highest BCUT2D eigenvalue weighted by Crippen LogP contribution is 2.39. The minimum atomic E-state index is 0.159. The fraction of sp³-hybridized carbons (Fsp3) is 0.625. The molecule has 1 aromatic rings. The number of ketones is 1. The van der Waals surface area contributed by atoms with Crippen LogP contribution in [-0.4, -0.2) is 17.4 Å². The van der Waals surface area contributed by atoms with Crippen molar-refractivity contribution < 1.29 is 9.53 Å². The van der Waals surface area contributed by atoms with Gasteiger partial charge in [0.1, 0.15) is 5.75 Å². The Hall–Kier alpha value is -1.38. The summed E-state index contributed by atoms with van der Waals surface area (Å²) in [5.74, 6) is 1.07. The highest BCUT2D eigenvalue weighted by Gasteiger charge is 2.31. The second kappa shape index (κ2) is 5.72. The van der Waals surface area contributed by atoms with Gasteiger partial charge in [-0.15, -0.1) is 0 Å². The maximum absolute atomic E-state index is 12.5. The van der Waals surface area contributed by atoms with Crippen LogP contribution in [-0.2, 0) is 0 Å². The molecule has 19 heavy (non-hydrogen) atoms.